The molecule has 2 atom stereocenters. The fraction of sp³-hybridized carbons (Fsp3) is 0.647. The lowest BCUT2D eigenvalue weighted by Crippen LogP contribution is -2.29. The molecule has 0 radical (unpaired) electrons. The molecule has 0 aliphatic carbocycles. The zero-order valence-corrected chi connectivity index (χ0v) is 14.2. The van der Waals surface area contributed by atoms with Crippen LogP contribution in [-0.4, -0.2) is 31.3 Å². The summed E-state index contributed by atoms with van der Waals surface area (Å²) < 4.78 is 11.4. The molecule has 1 N–H and O–H groups in total. The summed E-state index contributed by atoms with van der Waals surface area (Å²) in [7, 11) is 2.05. The highest BCUT2D eigenvalue weighted by atomic mass is 32.2. The van der Waals surface area contributed by atoms with Gasteiger partial charge in [0.15, 0.2) is 11.5 Å². The van der Waals surface area contributed by atoms with Gasteiger partial charge < -0.3 is 14.8 Å². The fourth-order valence-corrected chi connectivity index (χ4v) is 4.35. The van der Waals surface area contributed by atoms with Gasteiger partial charge in [0, 0.05) is 11.3 Å². The van der Waals surface area contributed by atoms with E-state index in [0.717, 1.165) is 11.5 Å². The van der Waals surface area contributed by atoms with E-state index >= 15 is 0 Å². The van der Waals surface area contributed by atoms with E-state index in [1.54, 1.807) is 0 Å². The Kier molecular flexibility index (Phi) is 6.71. The molecule has 4 heteroatoms. The van der Waals surface area contributed by atoms with Crippen molar-refractivity contribution in [1.82, 2.24) is 5.32 Å². The van der Waals surface area contributed by atoms with Crippen molar-refractivity contribution in [2.45, 2.75) is 44.4 Å². The van der Waals surface area contributed by atoms with E-state index in [2.05, 4.69) is 36.3 Å². The summed E-state index contributed by atoms with van der Waals surface area (Å²) >= 11 is 2.09. The second kappa shape index (κ2) is 8.54. The predicted molar refractivity (Wildman–Crippen MR) is 90.7 cm³/mol. The van der Waals surface area contributed by atoms with E-state index < -0.39 is 0 Å². The second-order valence-electron chi connectivity index (χ2n) is 5.24. The van der Waals surface area contributed by atoms with Crippen LogP contribution in [0.4, 0.5) is 0 Å². The minimum atomic E-state index is 0.380. The van der Waals surface area contributed by atoms with Gasteiger partial charge in [-0.1, -0.05) is 12.5 Å². The Hall–Kier alpha value is -0.870. The van der Waals surface area contributed by atoms with E-state index in [-0.39, 0.29) is 0 Å². The third-order valence-corrected chi connectivity index (χ3v) is 5.28. The zero-order chi connectivity index (χ0) is 15.1. The van der Waals surface area contributed by atoms with Gasteiger partial charge in [0.05, 0.1) is 13.2 Å². The lowest BCUT2D eigenvalue weighted by molar-refractivity contribution is 0.287. The molecule has 1 aromatic rings. The molecule has 0 aromatic heterocycles. The first-order valence-electron chi connectivity index (χ1n) is 7.98. The summed E-state index contributed by atoms with van der Waals surface area (Å²) in [5, 5.41) is 4.14. The Morgan fingerprint density at radius 1 is 1.19 bits per heavy atom. The largest absolute Gasteiger partial charge is 0.490 e. The van der Waals surface area contributed by atoms with Crippen molar-refractivity contribution in [1.29, 1.82) is 0 Å². The van der Waals surface area contributed by atoms with E-state index in [9.17, 15) is 0 Å². The third kappa shape index (κ3) is 4.30. The number of benzene rings is 1. The van der Waals surface area contributed by atoms with Crippen molar-refractivity contribution >= 4 is 11.8 Å². The average Bonchev–Trinajstić information content (AvgIpc) is 2.52. The molecule has 1 aliphatic heterocycles. The molecule has 1 fully saturated rings. The minimum Gasteiger partial charge on any atom is -0.490 e. The van der Waals surface area contributed by atoms with Crippen LogP contribution in [0.25, 0.3) is 0 Å². The van der Waals surface area contributed by atoms with Crippen molar-refractivity contribution in [3.8, 4) is 11.5 Å². The Bertz CT molecular complexity index is 433. The van der Waals surface area contributed by atoms with Crippen LogP contribution in [-0.2, 0) is 0 Å². The van der Waals surface area contributed by atoms with Gasteiger partial charge in [0.2, 0.25) is 0 Å². The predicted octanol–water partition coefficient (Wildman–Crippen LogP) is 4.03. The van der Waals surface area contributed by atoms with E-state index in [4.69, 9.17) is 9.47 Å². The van der Waals surface area contributed by atoms with Crippen molar-refractivity contribution < 1.29 is 9.47 Å². The van der Waals surface area contributed by atoms with Gasteiger partial charge in [-0.25, -0.2) is 0 Å². The van der Waals surface area contributed by atoms with Crippen molar-refractivity contribution in [3.05, 3.63) is 23.8 Å². The summed E-state index contributed by atoms with van der Waals surface area (Å²) in [6, 6.07) is 6.74. The number of thioether (sulfide) groups is 1. The van der Waals surface area contributed by atoms with Crippen molar-refractivity contribution in [2.75, 3.05) is 26.0 Å². The smallest absolute Gasteiger partial charge is 0.161 e. The Balaban J connectivity index is 2.21. The number of nitrogens with one attached hydrogen (secondary N) is 1. The van der Waals surface area contributed by atoms with Gasteiger partial charge in [-0.05, 0) is 57.2 Å². The normalized spacial score (nSPS) is 20.0. The van der Waals surface area contributed by atoms with Crippen molar-refractivity contribution in [2.24, 2.45) is 0 Å². The SMILES string of the molecule is CCOc1ccc(C(NC)C2CCCCS2)cc1OCC. The maximum absolute atomic E-state index is 5.75. The molecule has 3 nitrogen and oxygen atoms in total. The highest BCUT2D eigenvalue weighted by Crippen LogP contribution is 2.37. The molecular formula is C17H27NO2S. The van der Waals surface area contributed by atoms with E-state index in [1.165, 1.54) is 30.6 Å². The first kappa shape index (κ1) is 16.5. The lowest BCUT2D eigenvalue weighted by Gasteiger charge is -2.30. The summed E-state index contributed by atoms with van der Waals surface area (Å²) in [4.78, 5) is 0. The molecule has 2 unspecified atom stereocenters. The van der Waals surface area contributed by atoms with E-state index in [0.29, 0.717) is 24.5 Å². The highest BCUT2D eigenvalue weighted by Gasteiger charge is 2.25. The monoisotopic (exact) mass is 309 g/mol. The molecule has 1 heterocycles. The maximum atomic E-state index is 5.75. The second-order valence-corrected chi connectivity index (χ2v) is 6.59. The summed E-state index contributed by atoms with van der Waals surface area (Å²) in [5.74, 6) is 2.98. The number of ether oxygens (including phenoxy) is 2. The molecule has 21 heavy (non-hydrogen) atoms. The molecule has 0 saturated carbocycles. The summed E-state index contributed by atoms with van der Waals surface area (Å²) in [5.41, 5.74) is 1.30. The van der Waals surface area contributed by atoms with Crippen LogP contribution >= 0.6 is 11.8 Å². The molecule has 1 aromatic carbocycles. The standard InChI is InChI=1S/C17H27NO2S/c1-4-19-14-10-9-13(12-15(14)20-5-2)17(18-3)16-8-6-7-11-21-16/h9-10,12,16-18H,4-8,11H2,1-3H3. The van der Waals surface area contributed by atoms with Crippen LogP contribution in [0.2, 0.25) is 0 Å². The molecule has 1 saturated heterocycles. The van der Waals surface area contributed by atoms with Crippen LogP contribution in [0.5, 0.6) is 11.5 Å². The molecule has 0 spiro atoms. The number of hydrogen-bond donors (Lipinski definition) is 1. The van der Waals surface area contributed by atoms with Crippen molar-refractivity contribution in [3.63, 3.8) is 0 Å². The van der Waals surface area contributed by atoms with Gasteiger partial charge in [-0.15, -0.1) is 0 Å². The number of hydrogen-bond acceptors (Lipinski definition) is 4. The molecule has 0 amide bonds. The minimum absolute atomic E-state index is 0.380. The number of rotatable bonds is 7. The molecule has 2 rings (SSSR count). The fourth-order valence-electron chi connectivity index (χ4n) is 2.86. The zero-order valence-electron chi connectivity index (χ0n) is 13.4. The first-order chi connectivity index (χ1) is 10.3. The van der Waals surface area contributed by atoms with Gasteiger partial charge in [0.1, 0.15) is 0 Å². The summed E-state index contributed by atoms with van der Waals surface area (Å²) in [6.07, 6.45) is 3.98. The average molecular weight is 309 g/mol. The Morgan fingerprint density at radius 2 is 1.95 bits per heavy atom. The third-order valence-electron chi connectivity index (χ3n) is 3.82. The Labute approximate surface area is 132 Å². The quantitative estimate of drug-likeness (QED) is 0.824. The lowest BCUT2D eigenvalue weighted by atomic mass is 9.99. The van der Waals surface area contributed by atoms with Gasteiger partial charge in [-0.3, -0.25) is 0 Å². The molecule has 118 valence electrons. The molecule has 0 bridgehead atoms. The molecule has 1 aliphatic rings. The van der Waals surface area contributed by atoms with Crippen LogP contribution in [0.1, 0.15) is 44.7 Å². The molecular weight excluding hydrogens is 282 g/mol. The van der Waals surface area contributed by atoms with E-state index in [1.807, 2.05) is 19.9 Å². The highest BCUT2D eigenvalue weighted by molar-refractivity contribution is 8.00. The summed E-state index contributed by atoms with van der Waals surface area (Å²) in [6.45, 7) is 5.33. The van der Waals surface area contributed by atoms with Gasteiger partial charge in [0.25, 0.3) is 0 Å². The topological polar surface area (TPSA) is 30.5 Å². The van der Waals surface area contributed by atoms with Crippen LogP contribution in [0.3, 0.4) is 0 Å². The maximum Gasteiger partial charge on any atom is 0.161 e. The van der Waals surface area contributed by atoms with Gasteiger partial charge in [-0.2, -0.15) is 11.8 Å². The van der Waals surface area contributed by atoms with Crippen LogP contribution < -0.4 is 14.8 Å². The van der Waals surface area contributed by atoms with Crippen LogP contribution in [0.15, 0.2) is 18.2 Å². The van der Waals surface area contributed by atoms with Gasteiger partial charge >= 0.3 is 0 Å². The van der Waals surface area contributed by atoms with Crippen LogP contribution in [0, 0.1) is 0 Å². The first-order valence-corrected chi connectivity index (χ1v) is 9.03. The Morgan fingerprint density at radius 3 is 2.57 bits per heavy atom.